The summed E-state index contributed by atoms with van der Waals surface area (Å²) in [5.41, 5.74) is -0.152. The molecule has 0 fully saturated rings. The van der Waals surface area contributed by atoms with Gasteiger partial charge in [-0.1, -0.05) is 24.3 Å². The molecule has 0 unspecified atom stereocenters. The molecule has 0 radical (unpaired) electrons. The minimum absolute atomic E-state index is 0.0502. The lowest BCUT2D eigenvalue weighted by atomic mass is 9.91. The van der Waals surface area contributed by atoms with E-state index in [1.54, 1.807) is 12.1 Å². The van der Waals surface area contributed by atoms with Crippen LogP contribution in [0.25, 0.3) is 32.3 Å². The lowest BCUT2D eigenvalue weighted by Gasteiger charge is -2.14. The van der Waals surface area contributed by atoms with Crippen LogP contribution in [0.15, 0.2) is 42.5 Å². The molecule has 0 spiro atoms. The van der Waals surface area contributed by atoms with Crippen molar-refractivity contribution < 1.29 is 30.0 Å². The fraction of sp³-hybridized carbons (Fsp3) is 0. The summed E-state index contributed by atoms with van der Waals surface area (Å²) in [6, 6.07) is 12.3. The summed E-state index contributed by atoms with van der Waals surface area (Å²) < 4.78 is 0. The van der Waals surface area contributed by atoms with Gasteiger partial charge in [0.05, 0.1) is 0 Å². The van der Waals surface area contributed by atoms with Crippen LogP contribution in [-0.2, 0) is 4.79 Å². The molecule has 0 heterocycles. The third-order valence-corrected chi connectivity index (χ3v) is 4.52. The van der Waals surface area contributed by atoms with Crippen LogP contribution >= 0.6 is 0 Å². The van der Waals surface area contributed by atoms with Crippen molar-refractivity contribution in [2.45, 2.75) is 0 Å². The first-order valence-corrected chi connectivity index (χ1v) is 7.68. The number of fused-ring (bicyclic) bond motifs is 3. The van der Waals surface area contributed by atoms with E-state index in [4.69, 9.17) is 0 Å². The molecule has 6 nitrogen and oxygen atoms in total. The standard InChI is InChI=1S/C20H12O6/c21-8-14(22)15-12-6-10-4-2-1-3-9(10)5-11(12)7-13-16(15)18(24)20(26)19(25)17(13)23/h1-8,23-26H. The first kappa shape index (κ1) is 15.7. The lowest BCUT2D eigenvalue weighted by Crippen LogP contribution is -2.03. The monoisotopic (exact) mass is 348 g/mol. The molecule has 0 atom stereocenters. The van der Waals surface area contributed by atoms with Gasteiger partial charge in [0.25, 0.3) is 0 Å². The van der Waals surface area contributed by atoms with Gasteiger partial charge < -0.3 is 20.4 Å². The molecule has 26 heavy (non-hydrogen) atoms. The van der Waals surface area contributed by atoms with E-state index in [1.807, 2.05) is 24.3 Å². The molecule has 0 saturated heterocycles. The van der Waals surface area contributed by atoms with Crippen molar-refractivity contribution in [1.82, 2.24) is 0 Å². The van der Waals surface area contributed by atoms with Crippen LogP contribution in [0.2, 0.25) is 0 Å². The van der Waals surface area contributed by atoms with Gasteiger partial charge in [0.15, 0.2) is 17.8 Å². The highest BCUT2D eigenvalue weighted by atomic mass is 16.3. The maximum Gasteiger partial charge on any atom is 0.226 e. The Labute approximate surface area is 146 Å². The quantitative estimate of drug-likeness (QED) is 0.110. The van der Waals surface area contributed by atoms with Crippen LogP contribution in [0.5, 0.6) is 23.0 Å². The number of aldehydes is 1. The summed E-state index contributed by atoms with van der Waals surface area (Å²) in [4.78, 5) is 23.5. The van der Waals surface area contributed by atoms with Gasteiger partial charge in [-0.25, -0.2) is 0 Å². The Balaban J connectivity index is 2.35. The average Bonchev–Trinajstić information content (AvgIpc) is 2.67. The molecule has 4 rings (SSSR count). The Bertz CT molecular complexity index is 1260. The molecule has 4 N–H and O–H groups in total. The number of phenols is 4. The summed E-state index contributed by atoms with van der Waals surface area (Å²) >= 11 is 0. The van der Waals surface area contributed by atoms with Crippen LogP contribution in [0, 0.1) is 0 Å². The number of benzene rings is 4. The Morgan fingerprint density at radius 2 is 1.31 bits per heavy atom. The van der Waals surface area contributed by atoms with E-state index < -0.39 is 28.8 Å². The fourth-order valence-electron chi connectivity index (χ4n) is 3.31. The van der Waals surface area contributed by atoms with Crippen molar-refractivity contribution in [2.24, 2.45) is 0 Å². The minimum atomic E-state index is -0.963. The minimum Gasteiger partial charge on any atom is -0.504 e. The number of carbonyl (C=O) groups excluding carboxylic acids is 2. The zero-order valence-corrected chi connectivity index (χ0v) is 13.2. The second-order valence-electron chi connectivity index (χ2n) is 5.97. The zero-order valence-electron chi connectivity index (χ0n) is 13.2. The second-order valence-corrected chi connectivity index (χ2v) is 5.97. The van der Waals surface area contributed by atoms with E-state index in [1.165, 1.54) is 6.07 Å². The summed E-state index contributed by atoms with van der Waals surface area (Å²) in [5, 5.41) is 42.5. The molecule has 6 heteroatoms. The van der Waals surface area contributed by atoms with Gasteiger partial charge in [-0.2, -0.15) is 0 Å². The van der Waals surface area contributed by atoms with Gasteiger partial charge in [0.1, 0.15) is 0 Å². The van der Waals surface area contributed by atoms with Crippen LogP contribution < -0.4 is 0 Å². The number of Topliss-reactive ketones (excluding diaryl/α,β-unsaturated/α-hetero) is 1. The number of aromatic hydroxyl groups is 4. The number of hydrogen-bond acceptors (Lipinski definition) is 6. The van der Waals surface area contributed by atoms with Gasteiger partial charge in [-0.3, -0.25) is 9.59 Å². The molecule has 0 aliphatic heterocycles. The molecule has 4 aromatic carbocycles. The molecular formula is C20H12O6. The molecule has 0 aliphatic carbocycles. The van der Waals surface area contributed by atoms with Crippen molar-refractivity contribution in [3.8, 4) is 23.0 Å². The molecule has 0 saturated carbocycles. The van der Waals surface area contributed by atoms with Gasteiger partial charge in [-0.05, 0) is 39.7 Å². The van der Waals surface area contributed by atoms with E-state index in [9.17, 15) is 30.0 Å². The normalized spacial score (nSPS) is 11.2. The van der Waals surface area contributed by atoms with Crippen molar-refractivity contribution >= 4 is 44.4 Å². The Kier molecular flexibility index (Phi) is 3.23. The number of hydrogen-bond donors (Lipinski definition) is 4. The molecule has 0 bridgehead atoms. The molecule has 0 amide bonds. The SMILES string of the molecule is O=CC(=O)c1c2cc3ccccc3cc2cc2c(O)c(O)c(O)c(O)c12. The molecule has 0 aromatic heterocycles. The molecule has 128 valence electrons. The first-order chi connectivity index (χ1) is 12.4. The molecular weight excluding hydrogens is 336 g/mol. The van der Waals surface area contributed by atoms with Gasteiger partial charge in [-0.15, -0.1) is 0 Å². The largest absolute Gasteiger partial charge is 0.504 e. The zero-order chi connectivity index (χ0) is 18.6. The fourth-order valence-corrected chi connectivity index (χ4v) is 3.31. The van der Waals surface area contributed by atoms with Crippen molar-refractivity contribution in [3.63, 3.8) is 0 Å². The second kappa shape index (κ2) is 5.35. The number of ketones is 1. The molecule has 0 aliphatic rings. The summed E-state index contributed by atoms with van der Waals surface area (Å²) in [6.45, 7) is 0. The lowest BCUT2D eigenvalue weighted by molar-refractivity contribution is -0.104. The van der Waals surface area contributed by atoms with Crippen molar-refractivity contribution in [1.29, 1.82) is 0 Å². The smallest absolute Gasteiger partial charge is 0.226 e. The topological polar surface area (TPSA) is 115 Å². The van der Waals surface area contributed by atoms with E-state index in [0.29, 0.717) is 10.8 Å². The van der Waals surface area contributed by atoms with Crippen LogP contribution in [0.3, 0.4) is 0 Å². The van der Waals surface area contributed by atoms with E-state index in [-0.39, 0.29) is 22.6 Å². The summed E-state index contributed by atoms with van der Waals surface area (Å²) in [5.74, 6) is -4.26. The van der Waals surface area contributed by atoms with Crippen molar-refractivity contribution in [3.05, 3.63) is 48.0 Å². The van der Waals surface area contributed by atoms with Crippen molar-refractivity contribution in [2.75, 3.05) is 0 Å². The Hall–Kier alpha value is -3.80. The predicted octanol–water partition coefficient (Wildman–Crippen LogP) is 3.35. The van der Waals surface area contributed by atoms with E-state index >= 15 is 0 Å². The number of rotatable bonds is 2. The predicted molar refractivity (Wildman–Crippen MR) is 96.0 cm³/mol. The molecule has 4 aromatic rings. The highest BCUT2D eigenvalue weighted by Gasteiger charge is 2.25. The van der Waals surface area contributed by atoms with Gasteiger partial charge >= 0.3 is 0 Å². The van der Waals surface area contributed by atoms with Crippen LogP contribution in [-0.4, -0.2) is 32.5 Å². The average molecular weight is 348 g/mol. The Morgan fingerprint density at radius 3 is 1.96 bits per heavy atom. The third kappa shape index (κ3) is 1.99. The maximum absolute atomic E-state index is 12.3. The summed E-state index contributed by atoms with van der Waals surface area (Å²) in [6.07, 6.45) is 0.101. The number of phenolic OH excluding ortho intramolecular Hbond substituents is 4. The highest BCUT2D eigenvalue weighted by Crippen LogP contribution is 2.51. The van der Waals surface area contributed by atoms with E-state index in [2.05, 4.69) is 0 Å². The Morgan fingerprint density at radius 1 is 0.731 bits per heavy atom. The summed E-state index contributed by atoms with van der Waals surface area (Å²) in [7, 11) is 0. The van der Waals surface area contributed by atoms with Crippen LogP contribution in [0.1, 0.15) is 10.4 Å². The highest BCUT2D eigenvalue weighted by molar-refractivity contribution is 6.41. The number of carbonyl (C=O) groups is 2. The van der Waals surface area contributed by atoms with E-state index in [0.717, 1.165) is 10.8 Å². The van der Waals surface area contributed by atoms with Gasteiger partial charge in [0, 0.05) is 16.3 Å². The van der Waals surface area contributed by atoms with Crippen LogP contribution in [0.4, 0.5) is 0 Å². The van der Waals surface area contributed by atoms with Gasteiger partial charge in [0.2, 0.25) is 17.3 Å². The third-order valence-electron chi connectivity index (χ3n) is 4.52. The first-order valence-electron chi connectivity index (χ1n) is 7.68. The maximum atomic E-state index is 12.3.